The van der Waals surface area contributed by atoms with E-state index < -0.39 is 35.6 Å². The third-order valence-corrected chi connectivity index (χ3v) is 8.32. The molecule has 1 unspecified atom stereocenters. The highest BCUT2D eigenvalue weighted by molar-refractivity contribution is 6.00. The molecule has 0 aliphatic carbocycles. The van der Waals surface area contributed by atoms with Crippen LogP contribution >= 0.6 is 0 Å². The fourth-order valence-corrected chi connectivity index (χ4v) is 6.81. The number of carbonyl (C=O) groups is 3. The number of nitrogens with zero attached hydrogens (tertiary/aromatic N) is 3. The normalized spacial score (nSPS) is 31.4. The molecule has 0 saturated carbocycles. The minimum absolute atomic E-state index is 0.103. The van der Waals surface area contributed by atoms with Crippen molar-refractivity contribution in [2.45, 2.75) is 63.9 Å². The van der Waals surface area contributed by atoms with Gasteiger partial charge in [0.1, 0.15) is 11.6 Å². The van der Waals surface area contributed by atoms with Gasteiger partial charge in [-0.25, -0.2) is 0 Å². The van der Waals surface area contributed by atoms with Crippen LogP contribution in [0.25, 0.3) is 0 Å². The first-order chi connectivity index (χ1) is 18.3. The third-order valence-electron chi connectivity index (χ3n) is 8.32. The smallest absolute Gasteiger partial charge is 0.249 e. The summed E-state index contributed by atoms with van der Waals surface area (Å²) in [6.07, 6.45) is 8.37. The predicted molar refractivity (Wildman–Crippen MR) is 143 cm³/mol. The van der Waals surface area contributed by atoms with Crippen molar-refractivity contribution in [1.29, 1.82) is 0 Å². The average Bonchev–Trinajstić information content (AvgIpc) is 3.23. The minimum atomic E-state index is -1.27. The molecule has 2 saturated heterocycles. The number of ether oxygens (including phenoxy) is 1. The van der Waals surface area contributed by atoms with Gasteiger partial charge in [-0.2, -0.15) is 0 Å². The van der Waals surface area contributed by atoms with Crippen molar-refractivity contribution in [3.63, 3.8) is 0 Å². The van der Waals surface area contributed by atoms with Crippen LogP contribution in [0.2, 0.25) is 0 Å². The van der Waals surface area contributed by atoms with E-state index in [4.69, 9.17) is 4.74 Å². The lowest BCUT2D eigenvalue weighted by Crippen LogP contribution is -2.58. The molecule has 4 heterocycles. The molecule has 0 aromatic heterocycles. The molecule has 3 amide bonds. The van der Waals surface area contributed by atoms with Crippen LogP contribution in [0, 0.1) is 17.8 Å². The van der Waals surface area contributed by atoms with Crippen LogP contribution in [0.15, 0.2) is 54.6 Å². The largest absolute Gasteiger partial charge is 0.394 e. The van der Waals surface area contributed by atoms with Gasteiger partial charge in [-0.15, -0.1) is 0 Å². The molecule has 5 rings (SSSR count). The highest BCUT2D eigenvalue weighted by Gasteiger charge is 2.72. The maximum Gasteiger partial charge on any atom is 0.249 e. The van der Waals surface area contributed by atoms with Gasteiger partial charge in [0, 0.05) is 26.2 Å². The SMILES string of the molecule is CCCN1CC=C[C@H]2O[C@]34C=CCN(Cc5ccccc5)C(=O)C3N([C@@H](CO)CC(C)C)C(=O)[C@@H]4[C@H]2C1=O. The summed E-state index contributed by atoms with van der Waals surface area (Å²) in [5, 5.41) is 10.4. The van der Waals surface area contributed by atoms with Crippen molar-refractivity contribution < 1.29 is 24.2 Å². The molecule has 4 aliphatic rings. The molecule has 0 bridgehead atoms. The zero-order valence-electron chi connectivity index (χ0n) is 22.5. The molecular formula is C30H39N3O5. The zero-order valence-corrected chi connectivity index (χ0v) is 22.5. The van der Waals surface area contributed by atoms with Gasteiger partial charge in [0.25, 0.3) is 0 Å². The number of benzene rings is 1. The Labute approximate surface area is 224 Å². The third kappa shape index (κ3) is 4.37. The lowest BCUT2D eigenvalue weighted by atomic mass is 9.77. The van der Waals surface area contributed by atoms with Crippen molar-refractivity contribution in [1.82, 2.24) is 14.7 Å². The van der Waals surface area contributed by atoms with Crippen molar-refractivity contribution in [3.05, 3.63) is 60.2 Å². The van der Waals surface area contributed by atoms with Gasteiger partial charge < -0.3 is 24.5 Å². The molecule has 8 heteroatoms. The Hall–Kier alpha value is -2.97. The van der Waals surface area contributed by atoms with Gasteiger partial charge >= 0.3 is 0 Å². The summed E-state index contributed by atoms with van der Waals surface area (Å²) >= 11 is 0. The number of hydrogen-bond acceptors (Lipinski definition) is 5. The minimum Gasteiger partial charge on any atom is -0.394 e. The Bertz CT molecular complexity index is 1120. The fraction of sp³-hybridized carbons (Fsp3) is 0.567. The summed E-state index contributed by atoms with van der Waals surface area (Å²) in [5.74, 6) is -1.93. The molecule has 1 spiro atoms. The summed E-state index contributed by atoms with van der Waals surface area (Å²) in [7, 11) is 0. The second kappa shape index (κ2) is 10.7. The molecule has 0 radical (unpaired) electrons. The maximum atomic E-state index is 14.4. The Kier molecular flexibility index (Phi) is 7.47. The molecule has 1 aromatic rings. The van der Waals surface area contributed by atoms with Crippen LogP contribution in [0.3, 0.4) is 0 Å². The molecule has 6 atom stereocenters. The van der Waals surface area contributed by atoms with Gasteiger partial charge in [0.05, 0.1) is 30.6 Å². The second-order valence-corrected chi connectivity index (χ2v) is 11.4. The molecule has 38 heavy (non-hydrogen) atoms. The topological polar surface area (TPSA) is 90.4 Å². The Morgan fingerprint density at radius 2 is 1.76 bits per heavy atom. The number of likely N-dealkylation sites (tertiary alicyclic amines) is 1. The first-order valence-electron chi connectivity index (χ1n) is 13.9. The highest BCUT2D eigenvalue weighted by atomic mass is 16.5. The van der Waals surface area contributed by atoms with Crippen LogP contribution in [-0.4, -0.2) is 87.6 Å². The van der Waals surface area contributed by atoms with Crippen LogP contribution in [0.4, 0.5) is 0 Å². The molecule has 2 fully saturated rings. The number of rotatable bonds is 8. The average molecular weight is 522 g/mol. The van der Waals surface area contributed by atoms with E-state index in [0.717, 1.165) is 12.0 Å². The van der Waals surface area contributed by atoms with Crippen molar-refractivity contribution in [3.8, 4) is 0 Å². The zero-order chi connectivity index (χ0) is 27.0. The molecule has 8 nitrogen and oxygen atoms in total. The Morgan fingerprint density at radius 1 is 1.03 bits per heavy atom. The van der Waals surface area contributed by atoms with Crippen LogP contribution in [0.1, 0.15) is 39.2 Å². The maximum absolute atomic E-state index is 14.4. The van der Waals surface area contributed by atoms with E-state index in [1.54, 1.807) is 14.7 Å². The summed E-state index contributed by atoms with van der Waals surface area (Å²) in [6, 6.07) is 8.27. The molecule has 4 aliphatic heterocycles. The number of aliphatic hydroxyl groups is 1. The van der Waals surface area contributed by atoms with Crippen LogP contribution < -0.4 is 0 Å². The lowest BCUT2D eigenvalue weighted by molar-refractivity contribution is -0.152. The van der Waals surface area contributed by atoms with Crippen molar-refractivity contribution in [2.24, 2.45) is 17.8 Å². The van der Waals surface area contributed by atoms with Crippen molar-refractivity contribution in [2.75, 3.05) is 26.2 Å². The van der Waals surface area contributed by atoms with Gasteiger partial charge in [0.2, 0.25) is 17.7 Å². The summed E-state index contributed by atoms with van der Waals surface area (Å²) in [6.45, 7) is 7.68. The lowest BCUT2D eigenvalue weighted by Gasteiger charge is -2.39. The standard InChI is InChI=1S/C30H39N3O5/c1-4-14-31-15-8-12-23-24(27(31)35)25-28(36)33(22(19-34)17-20(2)3)26-29(37)32(16-9-13-30(25,26)38-23)18-21-10-6-5-7-11-21/h5-13,20,22-26,34H,4,14-19H2,1-3H3/t22-,23-,24+,25+,26?,30+/m1/s1. The van der Waals surface area contributed by atoms with Gasteiger partial charge in [0.15, 0.2) is 0 Å². The highest BCUT2D eigenvalue weighted by Crippen LogP contribution is 2.54. The van der Waals surface area contributed by atoms with Gasteiger partial charge in [-0.05, 0) is 24.3 Å². The number of aliphatic hydroxyl groups excluding tert-OH is 1. The molecule has 1 N–H and O–H groups in total. The predicted octanol–water partition coefficient (Wildman–Crippen LogP) is 2.38. The molecule has 1 aromatic carbocycles. The van der Waals surface area contributed by atoms with E-state index in [2.05, 4.69) is 0 Å². The van der Waals surface area contributed by atoms with Gasteiger partial charge in [-0.1, -0.05) is 75.4 Å². The fourth-order valence-electron chi connectivity index (χ4n) is 6.81. The van der Waals surface area contributed by atoms with E-state index in [-0.39, 0.29) is 30.2 Å². The quantitative estimate of drug-likeness (QED) is 0.531. The molecule has 204 valence electrons. The van der Waals surface area contributed by atoms with E-state index in [1.165, 1.54) is 0 Å². The first-order valence-corrected chi connectivity index (χ1v) is 13.9. The van der Waals surface area contributed by atoms with Gasteiger partial charge in [-0.3, -0.25) is 14.4 Å². The van der Waals surface area contributed by atoms with E-state index >= 15 is 0 Å². The number of amides is 3. The molecular weight excluding hydrogens is 482 g/mol. The monoisotopic (exact) mass is 521 g/mol. The summed E-state index contributed by atoms with van der Waals surface area (Å²) in [4.78, 5) is 47.7. The van der Waals surface area contributed by atoms with Crippen molar-refractivity contribution >= 4 is 17.7 Å². The number of hydrogen-bond donors (Lipinski definition) is 1. The second-order valence-electron chi connectivity index (χ2n) is 11.4. The first kappa shape index (κ1) is 26.6. The van der Waals surface area contributed by atoms with E-state index in [9.17, 15) is 19.5 Å². The summed E-state index contributed by atoms with van der Waals surface area (Å²) in [5.41, 5.74) is -0.279. The van der Waals surface area contributed by atoms with E-state index in [1.807, 2.05) is 75.4 Å². The van der Waals surface area contributed by atoms with E-state index in [0.29, 0.717) is 32.6 Å². The van der Waals surface area contributed by atoms with Crippen LogP contribution in [-0.2, 0) is 25.7 Å². The van der Waals surface area contributed by atoms with Crippen LogP contribution in [0.5, 0.6) is 0 Å². The number of fused-ring (bicyclic) bond motifs is 2. The Morgan fingerprint density at radius 3 is 2.45 bits per heavy atom. The Balaban J connectivity index is 1.59. The summed E-state index contributed by atoms with van der Waals surface area (Å²) < 4.78 is 6.69. The number of carbonyl (C=O) groups excluding carboxylic acids is 3.